The van der Waals surface area contributed by atoms with Gasteiger partial charge in [-0.25, -0.2) is 9.48 Å². The van der Waals surface area contributed by atoms with Crippen molar-refractivity contribution >= 4 is 28.7 Å². The minimum Gasteiger partial charge on any atom is -0.339 e. The number of amides is 3. The van der Waals surface area contributed by atoms with Crippen molar-refractivity contribution in [1.82, 2.24) is 25.2 Å². The average Bonchev–Trinajstić information content (AvgIpc) is 3.13. The smallest absolute Gasteiger partial charge is 0.319 e. The monoisotopic (exact) mass is 408 g/mol. The summed E-state index contributed by atoms with van der Waals surface area (Å²) in [4.78, 5) is 26.5. The van der Waals surface area contributed by atoms with E-state index in [0.29, 0.717) is 37.3 Å². The minimum atomic E-state index is -0.265. The Morgan fingerprint density at radius 1 is 1.07 bits per heavy atom. The van der Waals surface area contributed by atoms with E-state index in [9.17, 15) is 9.59 Å². The van der Waals surface area contributed by atoms with Gasteiger partial charge in [-0.2, -0.15) is 0 Å². The Kier molecular flexibility index (Phi) is 6.66. The Morgan fingerprint density at radius 2 is 1.83 bits per heavy atom. The molecule has 2 aromatic carbocycles. The molecule has 3 aromatic rings. The molecule has 0 unspecified atom stereocenters. The second-order valence-electron chi connectivity index (χ2n) is 7.19. The third-order valence-electron chi connectivity index (χ3n) is 5.05. The fourth-order valence-corrected chi connectivity index (χ4v) is 3.36. The van der Waals surface area contributed by atoms with E-state index >= 15 is 0 Å². The summed E-state index contributed by atoms with van der Waals surface area (Å²) in [6.45, 7) is 10.1. The van der Waals surface area contributed by atoms with Gasteiger partial charge in [0, 0.05) is 30.9 Å². The number of anilines is 1. The van der Waals surface area contributed by atoms with Crippen LogP contribution in [0.3, 0.4) is 0 Å². The van der Waals surface area contributed by atoms with Crippen molar-refractivity contribution < 1.29 is 9.59 Å². The SMILES string of the molecule is CCN(CC)C(=O)c1ccc2c(c1)nnn2CCNC(=O)Nc1ccc(C)cc1C. The van der Waals surface area contributed by atoms with Crippen molar-refractivity contribution in [3.63, 3.8) is 0 Å². The molecule has 0 bridgehead atoms. The van der Waals surface area contributed by atoms with Crippen LogP contribution in [-0.4, -0.2) is 51.5 Å². The summed E-state index contributed by atoms with van der Waals surface area (Å²) in [5.41, 5.74) is 5.04. The lowest BCUT2D eigenvalue weighted by Crippen LogP contribution is -2.32. The Labute approximate surface area is 176 Å². The molecular formula is C22H28N6O2. The molecule has 30 heavy (non-hydrogen) atoms. The molecule has 3 rings (SSSR count). The molecule has 0 fully saturated rings. The second kappa shape index (κ2) is 9.39. The van der Waals surface area contributed by atoms with Crippen LogP contribution in [0, 0.1) is 13.8 Å². The second-order valence-corrected chi connectivity index (χ2v) is 7.19. The van der Waals surface area contributed by atoms with E-state index in [-0.39, 0.29) is 11.9 Å². The number of aromatic nitrogens is 3. The molecule has 8 heteroatoms. The maximum Gasteiger partial charge on any atom is 0.319 e. The molecule has 8 nitrogen and oxygen atoms in total. The van der Waals surface area contributed by atoms with Gasteiger partial charge < -0.3 is 15.5 Å². The summed E-state index contributed by atoms with van der Waals surface area (Å²) in [6.07, 6.45) is 0. The third-order valence-corrected chi connectivity index (χ3v) is 5.05. The number of benzene rings is 2. The lowest BCUT2D eigenvalue weighted by Gasteiger charge is -2.18. The molecule has 3 amide bonds. The minimum absolute atomic E-state index is 0.0128. The Morgan fingerprint density at radius 3 is 2.53 bits per heavy atom. The number of aryl methyl sites for hydroxylation is 2. The number of urea groups is 1. The molecular weight excluding hydrogens is 380 g/mol. The number of hydrogen-bond donors (Lipinski definition) is 2. The highest BCUT2D eigenvalue weighted by molar-refractivity contribution is 5.97. The molecule has 0 saturated heterocycles. The zero-order valence-corrected chi connectivity index (χ0v) is 17.9. The molecule has 0 radical (unpaired) electrons. The Balaban J connectivity index is 1.60. The van der Waals surface area contributed by atoms with Gasteiger partial charge in [0.15, 0.2) is 0 Å². The van der Waals surface area contributed by atoms with Crippen LogP contribution < -0.4 is 10.6 Å². The highest BCUT2D eigenvalue weighted by atomic mass is 16.2. The normalized spacial score (nSPS) is 10.8. The molecule has 0 aliphatic rings. The summed E-state index contributed by atoms with van der Waals surface area (Å²) >= 11 is 0. The van der Waals surface area contributed by atoms with Crippen LogP contribution in [0.1, 0.15) is 35.3 Å². The van der Waals surface area contributed by atoms with Gasteiger partial charge in [-0.1, -0.05) is 22.9 Å². The fraction of sp³-hybridized carbons (Fsp3) is 0.364. The third kappa shape index (κ3) is 4.76. The topological polar surface area (TPSA) is 92.2 Å². The molecule has 0 aliphatic carbocycles. The average molecular weight is 409 g/mol. The largest absolute Gasteiger partial charge is 0.339 e. The molecule has 0 saturated carbocycles. The number of rotatable bonds is 7. The first-order valence-corrected chi connectivity index (χ1v) is 10.2. The van der Waals surface area contributed by atoms with Crippen LogP contribution in [0.5, 0.6) is 0 Å². The molecule has 0 atom stereocenters. The van der Waals surface area contributed by atoms with E-state index in [1.165, 1.54) is 0 Å². The first-order chi connectivity index (χ1) is 14.4. The van der Waals surface area contributed by atoms with Gasteiger partial charge in [0.05, 0.1) is 12.1 Å². The standard InChI is InChI=1S/C22H28N6O2/c1-5-27(6-2)21(29)17-8-10-20-19(14-17)25-26-28(20)12-11-23-22(30)24-18-9-7-15(3)13-16(18)4/h7-10,13-14H,5-6,11-12H2,1-4H3,(H2,23,24,30). The molecule has 2 N–H and O–H groups in total. The molecule has 1 heterocycles. The zero-order valence-electron chi connectivity index (χ0n) is 17.9. The van der Waals surface area contributed by atoms with Crippen molar-refractivity contribution in [2.75, 3.05) is 25.0 Å². The van der Waals surface area contributed by atoms with Gasteiger partial charge >= 0.3 is 6.03 Å². The maximum atomic E-state index is 12.5. The predicted molar refractivity (Wildman–Crippen MR) is 118 cm³/mol. The predicted octanol–water partition coefficient (Wildman–Crippen LogP) is 3.35. The molecule has 158 valence electrons. The van der Waals surface area contributed by atoms with Gasteiger partial charge in [0.1, 0.15) is 5.52 Å². The quantitative estimate of drug-likeness (QED) is 0.627. The van der Waals surface area contributed by atoms with Gasteiger partial charge in [0.25, 0.3) is 5.91 Å². The summed E-state index contributed by atoms with van der Waals surface area (Å²) in [5.74, 6) is -0.0128. The van der Waals surface area contributed by atoms with E-state index in [4.69, 9.17) is 0 Å². The summed E-state index contributed by atoms with van der Waals surface area (Å²) < 4.78 is 1.72. The van der Waals surface area contributed by atoms with Crippen molar-refractivity contribution in [3.05, 3.63) is 53.1 Å². The van der Waals surface area contributed by atoms with Crippen LogP contribution in [0.15, 0.2) is 36.4 Å². The van der Waals surface area contributed by atoms with Crippen molar-refractivity contribution in [2.45, 2.75) is 34.2 Å². The van der Waals surface area contributed by atoms with Crippen LogP contribution in [0.4, 0.5) is 10.5 Å². The van der Waals surface area contributed by atoms with Crippen molar-refractivity contribution in [1.29, 1.82) is 0 Å². The highest BCUT2D eigenvalue weighted by Gasteiger charge is 2.14. The van der Waals surface area contributed by atoms with Crippen LogP contribution in [0.25, 0.3) is 11.0 Å². The first kappa shape index (κ1) is 21.3. The number of nitrogens with one attached hydrogen (secondary N) is 2. The summed E-state index contributed by atoms with van der Waals surface area (Å²) in [7, 11) is 0. The highest BCUT2D eigenvalue weighted by Crippen LogP contribution is 2.16. The van der Waals surface area contributed by atoms with Gasteiger partial charge in [-0.05, 0) is 57.5 Å². The van der Waals surface area contributed by atoms with Crippen LogP contribution in [-0.2, 0) is 6.54 Å². The lowest BCUT2D eigenvalue weighted by atomic mass is 10.1. The zero-order chi connectivity index (χ0) is 21.7. The fourth-order valence-electron chi connectivity index (χ4n) is 3.36. The summed E-state index contributed by atoms with van der Waals surface area (Å²) in [6, 6.07) is 11.0. The number of fused-ring (bicyclic) bond motifs is 1. The van der Waals surface area contributed by atoms with E-state index < -0.39 is 0 Å². The Hall–Kier alpha value is -3.42. The lowest BCUT2D eigenvalue weighted by molar-refractivity contribution is 0.0773. The number of nitrogens with zero attached hydrogens (tertiary/aromatic N) is 4. The van der Waals surface area contributed by atoms with Crippen LogP contribution >= 0.6 is 0 Å². The van der Waals surface area contributed by atoms with Crippen molar-refractivity contribution in [2.24, 2.45) is 0 Å². The van der Waals surface area contributed by atoms with E-state index in [0.717, 1.165) is 22.3 Å². The summed E-state index contributed by atoms with van der Waals surface area (Å²) in [5, 5.41) is 14.0. The number of carbonyl (C=O) groups excluding carboxylic acids is 2. The number of carbonyl (C=O) groups is 2. The van der Waals surface area contributed by atoms with Gasteiger partial charge in [-0.3, -0.25) is 4.79 Å². The number of hydrogen-bond acceptors (Lipinski definition) is 4. The van der Waals surface area contributed by atoms with E-state index in [1.54, 1.807) is 21.7 Å². The molecule has 1 aromatic heterocycles. The van der Waals surface area contributed by atoms with Gasteiger partial charge in [-0.15, -0.1) is 5.10 Å². The Bertz CT molecular complexity index is 1050. The molecule has 0 aliphatic heterocycles. The molecule has 0 spiro atoms. The maximum absolute atomic E-state index is 12.5. The van der Waals surface area contributed by atoms with Crippen molar-refractivity contribution in [3.8, 4) is 0 Å². The van der Waals surface area contributed by atoms with E-state index in [1.807, 2.05) is 52.0 Å². The first-order valence-electron chi connectivity index (χ1n) is 10.2. The van der Waals surface area contributed by atoms with Gasteiger partial charge in [0.2, 0.25) is 0 Å². The van der Waals surface area contributed by atoms with E-state index in [2.05, 4.69) is 20.9 Å². The van der Waals surface area contributed by atoms with Crippen LogP contribution in [0.2, 0.25) is 0 Å².